The van der Waals surface area contributed by atoms with Crippen molar-refractivity contribution in [1.29, 1.82) is 0 Å². The first-order valence-electron chi connectivity index (χ1n) is 7.35. The van der Waals surface area contributed by atoms with Gasteiger partial charge in [-0.25, -0.2) is 13.1 Å². The molecular weight excluding hydrogens is 326 g/mol. The molecule has 0 unspecified atom stereocenters. The van der Waals surface area contributed by atoms with Crippen molar-refractivity contribution < 1.29 is 17.9 Å². The Labute approximate surface area is 135 Å². The number of amides is 1. The van der Waals surface area contributed by atoms with Gasteiger partial charge in [-0.15, -0.1) is 0 Å². The Bertz CT molecular complexity index is 679. The van der Waals surface area contributed by atoms with E-state index in [4.69, 9.17) is 16.3 Å². The molecule has 0 spiro atoms. The van der Waals surface area contributed by atoms with E-state index >= 15 is 0 Å². The molecule has 2 aliphatic rings. The van der Waals surface area contributed by atoms with E-state index in [9.17, 15) is 13.2 Å². The standard InChI is InChI=1S/C15H18ClNO4S/c16-12-3-1-2-4-13(12)22(19,20)17-14(18)15(11-5-6-11)7-9-21-10-8-15/h1-4,11H,5-10H2,(H,17,18). The normalized spacial score (nSPS) is 21.3. The molecule has 1 saturated heterocycles. The van der Waals surface area contributed by atoms with E-state index in [-0.39, 0.29) is 15.8 Å². The van der Waals surface area contributed by atoms with Gasteiger partial charge < -0.3 is 4.74 Å². The summed E-state index contributed by atoms with van der Waals surface area (Å²) in [6.07, 6.45) is 3.09. The summed E-state index contributed by atoms with van der Waals surface area (Å²) in [6.45, 7) is 0.992. The Hall–Kier alpha value is -1.11. The quantitative estimate of drug-likeness (QED) is 0.910. The van der Waals surface area contributed by atoms with E-state index in [2.05, 4.69) is 4.72 Å². The number of nitrogens with one attached hydrogen (secondary N) is 1. The van der Waals surface area contributed by atoms with Gasteiger partial charge >= 0.3 is 0 Å². The van der Waals surface area contributed by atoms with Gasteiger partial charge in [0.15, 0.2) is 0 Å². The van der Waals surface area contributed by atoms with Crippen LogP contribution in [0.2, 0.25) is 5.02 Å². The van der Waals surface area contributed by atoms with Gasteiger partial charge in [0.05, 0.1) is 10.4 Å². The summed E-state index contributed by atoms with van der Waals surface area (Å²) < 4.78 is 32.5. The molecule has 0 aromatic heterocycles. The van der Waals surface area contributed by atoms with Crippen LogP contribution in [-0.4, -0.2) is 27.5 Å². The van der Waals surface area contributed by atoms with Crippen LogP contribution in [0, 0.1) is 11.3 Å². The van der Waals surface area contributed by atoms with Gasteiger partial charge in [-0.1, -0.05) is 23.7 Å². The lowest BCUT2D eigenvalue weighted by atomic mass is 9.75. The Kier molecular flexibility index (Phi) is 4.18. The Balaban J connectivity index is 1.85. The van der Waals surface area contributed by atoms with Crippen LogP contribution in [0.3, 0.4) is 0 Å². The molecule has 22 heavy (non-hydrogen) atoms. The maximum Gasteiger partial charge on any atom is 0.265 e. The summed E-state index contributed by atoms with van der Waals surface area (Å²) in [6, 6.07) is 6.11. The summed E-state index contributed by atoms with van der Waals surface area (Å²) >= 11 is 5.94. The van der Waals surface area contributed by atoms with Crippen molar-refractivity contribution in [2.75, 3.05) is 13.2 Å². The summed E-state index contributed by atoms with van der Waals surface area (Å²) in [5.74, 6) is -0.156. The molecule has 2 fully saturated rings. The highest BCUT2D eigenvalue weighted by Crippen LogP contribution is 2.51. The van der Waals surface area contributed by atoms with E-state index in [1.165, 1.54) is 12.1 Å². The topological polar surface area (TPSA) is 72.5 Å². The highest BCUT2D eigenvalue weighted by atomic mass is 35.5. The first kappa shape index (κ1) is 15.8. The molecule has 1 N–H and O–H groups in total. The van der Waals surface area contributed by atoms with Gasteiger partial charge in [0.25, 0.3) is 10.0 Å². The molecule has 0 atom stereocenters. The first-order chi connectivity index (χ1) is 10.5. The number of rotatable bonds is 4. The second-order valence-corrected chi connectivity index (χ2v) is 7.97. The molecule has 7 heteroatoms. The summed E-state index contributed by atoms with van der Waals surface area (Å²) in [5.41, 5.74) is -0.618. The number of halogens is 1. The smallest absolute Gasteiger partial charge is 0.265 e. The van der Waals surface area contributed by atoms with Crippen molar-refractivity contribution in [2.24, 2.45) is 11.3 Å². The van der Waals surface area contributed by atoms with Crippen molar-refractivity contribution in [1.82, 2.24) is 4.72 Å². The predicted octanol–water partition coefficient (Wildman–Crippen LogP) is 2.35. The van der Waals surface area contributed by atoms with Crippen LogP contribution in [0.4, 0.5) is 0 Å². The Morgan fingerprint density at radius 2 is 1.86 bits per heavy atom. The van der Waals surface area contributed by atoms with E-state index in [0.717, 1.165) is 12.8 Å². The van der Waals surface area contributed by atoms with Gasteiger partial charge in [0.2, 0.25) is 5.91 Å². The second-order valence-electron chi connectivity index (χ2n) is 5.91. The third-order valence-corrected chi connectivity index (χ3v) is 6.38. The van der Waals surface area contributed by atoms with Crippen LogP contribution in [0.5, 0.6) is 0 Å². The van der Waals surface area contributed by atoms with Crippen LogP contribution in [0.25, 0.3) is 0 Å². The van der Waals surface area contributed by atoms with Crippen molar-refractivity contribution in [2.45, 2.75) is 30.6 Å². The minimum Gasteiger partial charge on any atom is -0.381 e. The third-order valence-electron chi connectivity index (χ3n) is 4.55. The molecule has 1 heterocycles. The van der Waals surface area contributed by atoms with Crippen LogP contribution in [0.1, 0.15) is 25.7 Å². The summed E-state index contributed by atoms with van der Waals surface area (Å²) in [4.78, 5) is 12.6. The molecule has 5 nitrogen and oxygen atoms in total. The monoisotopic (exact) mass is 343 g/mol. The van der Waals surface area contributed by atoms with Gasteiger partial charge in [0, 0.05) is 13.2 Å². The van der Waals surface area contributed by atoms with E-state index in [1.807, 2.05) is 0 Å². The fourth-order valence-corrected chi connectivity index (χ4v) is 4.71. The number of sulfonamides is 1. The molecule has 3 rings (SSSR count). The second kappa shape index (κ2) is 5.83. The molecule has 0 radical (unpaired) electrons. The number of hydrogen-bond donors (Lipinski definition) is 1. The summed E-state index contributed by atoms with van der Waals surface area (Å²) in [7, 11) is -3.96. The van der Waals surface area contributed by atoms with Crippen molar-refractivity contribution in [3.8, 4) is 0 Å². The van der Waals surface area contributed by atoms with E-state index in [0.29, 0.717) is 26.1 Å². The molecule has 0 bridgehead atoms. The lowest BCUT2D eigenvalue weighted by Gasteiger charge is -2.35. The third kappa shape index (κ3) is 2.87. The fourth-order valence-electron chi connectivity index (χ4n) is 3.13. The Morgan fingerprint density at radius 3 is 2.45 bits per heavy atom. The zero-order valence-corrected chi connectivity index (χ0v) is 13.6. The lowest BCUT2D eigenvalue weighted by molar-refractivity contribution is -0.136. The van der Waals surface area contributed by atoms with Crippen molar-refractivity contribution in [3.63, 3.8) is 0 Å². The Morgan fingerprint density at radius 1 is 1.23 bits per heavy atom. The van der Waals surface area contributed by atoms with Crippen LogP contribution >= 0.6 is 11.6 Å². The van der Waals surface area contributed by atoms with Crippen LogP contribution in [-0.2, 0) is 19.6 Å². The van der Waals surface area contributed by atoms with Crippen LogP contribution in [0.15, 0.2) is 29.2 Å². The van der Waals surface area contributed by atoms with Gasteiger partial charge in [-0.05, 0) is 43.7 Å². The predicted molar refractivity (Wildman–Crippen MR) is 82.0 cm³/mol. The maximum absolute atomic E-state index is 12.7. The number of ether oxygens (including phenoxy) is 1. The number of carbonyl (C=O) groups excluding carboxylic acids is 1. The molecule has 1 aromatic rings. The van der Waals surface area contributed by atoms with E-state index in [1.54, 1.807) is 12.1 Å². The van der Waals surface area contributed by atoms with Crippen molar-refractivity contribution >= 4 is 27.5 Å². The zero-order chi connectivity index (χ0) is 15.8. The number of benzene rings is 1. The minimum atomic E-state index is -3.96. The van der Waals surface area contributed by atoms with Gasteiger partial charge in [-0.3, -0.25) is 4.79 Å². The molecule has 1 aliphatic carbocycles. The minimum absolute atomic E-state index is 0.0666. The molecular formula is C15H18ClNO4S. The molecule has 120 valence electrons. The highest BCUT2D eigenvalue weighted by molar-refractivity contribution is 7.90. The van der Waals surface area contributed by atoms with Crippen LogP contribution < -0.4 is 4.72 Å². The fraction of sp³-hybridized carbons (Fsp3) is 0.533. The average molecular weight is 344 g/mol. The van der Waals surface area contributed by atoms with Gasteiger partial charge in [-0.2, -0.15) is 0 Å². The lowest BCUT2D eigenvalue weighted by Crippen LogP contribution is -2.48. The largest absolute Gasteiger partial charge is 0.381 e. The molecule has 1 amide bonds. The van der Waals surface area contributed by atoms with E-state index < -0.39 is 21.3 Å². The number of hydrogen-bond acceptors (Lipinski definition) is 4. The molecule has 1 aliphatic heterocycles. The molecule has 1 saturated carbocycles. The SMILES string of the molecule is O=C(NS(=O)(=O)c1ccccc1Cl)C1(C2CC2)CCOCC1. The van der Waals surface area contributed by atoms with Crippen molar-refractivity contribution in [3.05, 3.63) is 29.3 Å². The average Bonchev–Trinajstić information content (AvgIpc) is 3.32. The van der Waals surface area contributed by atoms with Gasteiger partial charge in [0.1, 0.15) is 4.90 Å². The maximum atomic E-state index is 12.7. The zero-order valence-electron chi connectivity index (χ0n) is 12.0. The first-order valence-corrected chi connectivity index (χ1v) is 9.21. The highest BCUT2D eigenvalue weighted by Gasteiger charge is 2.52. The molecule has 1 aromatic carbocycles. The summed E-state index contributed by atoms with van der Waals surface area (Å²) in [5, 5.41) is 0.107. The number of carbonyl (C=O) groups is 1.